The minimum Gasteiger partial charge on any atom is -0.309 e. The summed E-state index contributed by atoms with van der Waals surface area (Å²) in [6, 6.07) is 78.1. The predicted molar refractivity (Wildman–Crippen MR) is 272 cm³/mol. The van der Waals surface area contributed by atoms with Crippen LogP contribution in [0.15, 0.2) is 219 Å². The molecule has 0 radical (unpaired) electrons. The number of rotatable bonds is 5. The highest BCUT2D eigenvalue weighted by Crippen LogP contribution is 2.45. The zero-order valence-corrected chi connectivity index (χ0v) is 35.5. The van der Waals surface area contributed by atoms with Crippen molar-refractivity contribution in [1.29, 1.82) is 5.26 Å². The van der Waals surface area contributed by atoms with Crippen LogP contribution < -0.4 is 0 Å². The summed E-state index contributed by atoms with van der Waals surface area (Å²) in [6.07, 6.45) is 1.92. The Balaban J connectivity index is 1.17. The Labute approximate surface area is 378 Å². The number of nitriles is 1. The second kappa shape index (κ2) is 13.9. The average Bonchev–Trinajstić information content (AvgIpc) is 4.09. The maximum absolute atomic E-state index is 10.2. The molecule has 0 atom stereocenters. The summed E-state index contributed by atoms with van der Waals surface area (Å²) in [5.74, 6) is 0.786. The van der Waals surface area contributed by atoms with E-state index in [1.165, 1.54) is 21.5 Å². The third-order valence-electron chi connectivity index (χ3n) is 13.6. The number of nitrogens with zero attached hydrogens (tertiary/aromatic N) is 6. The van der Waals surface area contributed by atoms with Crippen LogP contribution in [0.3, 0.4) is 0 Å². The van der Waals surface area contributed by atoms with Gasteiger partial charge in [-0.05, 0) is 96.6 Å². The highest BCUT2D eigenvalue weighted by atomic mass is 15.1. The van der Waals surface area contributed by atoms with E-state index in [-0.39, 0.29) is 0 Å². The maximum atomic E-state index is 10.2. The van der Waals surface area contributed by atoms with Crippen molar-refractivity contribution in [2.45, 2.75) is 0 Å². The molecular formula is C60H36N6. The number of hydrogen-bond acceptors (Lipinski definition) is 2. The number of benzene rings is 9. The van der Waals surface area contributed by atoms with Crippen LogP contribution in [0, 0.1) is 11.3 Å². The van der Waals surface area contributed by atoms with Gasteiger partial charge in [-0.1, -0.05) is 121 Å². The summed E-state index contributed by atoms with van der Waals surface area (Å²) >= 11 is 0. The summed E-state index contributed by atoms with van der Waals surface area (Å²) in [5, 5.41) is 19.6. The molecule has 0 aliphatic heterocycles. The number of aromatic nitrogens is 5. The zero-order chi connectivity index (χ0) is 43.5. The van der Waals surface area contributed by atoms with E-state index in [0.717, 1.165) is 99.7 Å². The third-order valence-corrected chi connectivity index (χ3v) is 13.6. The van der Waals surface area contributed by atoms with Gasteiger partial charge in [0.15, 0.2) is 5.82 Å². The average molecular weight is 841 g/mol. The first-order chi connectivity index (χ1) is 32.7. The largest absolute Gasteiger partial charge is 0.309 e. The molecule has 14 rings (SSSR count). The molecule has 0 amide bonds. The van der Waals surface area contributed by atoms with Crippen LogP contribution >= 0.6 is 0 Å². The van der Waals surface area contributed by atoms with Gasteiger partial charge in [0.05, 0.1) is 61.5 Å². The molecule has 0 saturated heterocycles. The van der Waals surface area contributed by atoms with Crippen LogP contribution in [0.4, 0.5) is 0 Å². The number of hydrogen-bond donors (Lipinski definition) is 0. The SMILES string of the molecule is N#Cc1cccc(-c2ccnc(-n3c4ccccc4c4cc5c6ccccc6n(-c6ccccc6)c5cc43)c2-n2c3ccccc3c3cc4c5ccccc5n(-c5ccccc5)c4cc32)c1. The van der Waals surface area contributed by atoms with Gasteiger partial charge < -0.3 is 13.7 Å². The molecule has 14 aromatic rings. The van der Waals surface area contributed by atoms with E-state index >= 15 is 0 Å². The topological polar surface area (TPSA) is 56.4 Å². The van der Waals surface area contributed by atoms with Crippen molar-refractivity contribution in [2.24, 2.45) is 0 Å². The van der Waals surface area contributed by atoms with E-state index in [1.807, 2.05) is 24.4 Å². The molecule has 0 N–H and O–H groups in total. The minimum absolute atomic E-state index is 0.598. The molecule has 9 aromatic carbocycles. The second-order valence-electron chi connectivity index (χ2n) is 17.1. The Hall–Kier alpha value is -9.18. The second-order valence-corrected chi connectivity index (χ2v) is 17.1. The van der Waals surface area contributed by atoms with Gasteiger partial charge in [-0.3, -0.25) is 4.57 Å². The van der Waals surface area contributed by atoms with Crippen molar-refractivity contribution in [3.63, 3.8) is 0 Å². The highest BCUT2D eigenvalue weighted by molar-refractivity contribution is 6.21. The molecule has 5 heterocycles. The quantitative estimate of drug-likeness (QED) is 0.173. The third kappa shape index (κ3) is 5.08. The van der Waals surface area contributed by atoms with Crippen LogP contribution in [0.5, 0.6) is 0 Å². The lowest BCUT2D eigenvalue weighted by Crippen LogP contribution is -2.08. The van der Waals surface area contributed by atoms with Gasteiger partial charge in [0.25, 0.3) is 0 Å². The van der Waals surface area contributed by atoms with Gasteiger partial charge in [-0.15, -0.1) is 0 Å². The Morgan fingerprint density at radius 2 is 0.758 bits per heavy atom. The molecule has 0 bridgehead atoms. The molecule has 0 aliphatic carbocycles. The number of para-hydroxylation sites is 6. The van der Waals surface area contributed by atoms with Gasteiger partial charge in [0, 0.05) is 66.2 Å². The van der Waals surface area contributed by atoms with E-state index in [4.69, 9.17) is 4.98 Å². The lowest BCUT2D eigenvalue weighted by Gasteiger charge is -2.20. The minimum atomic E-state index is 0.598. The Kier molecular flexibility index (Phi) is 7.65. The standard InChI is InChI=1S/C60H36N6/c61-37-38-16-15-17-39(32-38)42-30-31-62-60(66-54-29-14-10-25-46(54)50-34-48-44-23-8-12-27-52(44)64(56(48)36-58(50)66)41-20-5-2-6-21-41)59(42)65-53-28-13-9-24-45(53)49-33-47-43-22-7-11-26-51(43)63(55(47)35-57(49)65)40-18-3-1-4-19-40/h1-36H. The van der Waals surface area contributed by atoms with Gasteiger partial charge in [-0.2, -0.15) is 5.26 Å². The number of fused-ring (bicyclic) bond motifs is 12. The normalized spacial score (nSPS) is 11.9. The zero-order valence-electron chi connectivity index (χ0n) is 35.5. The maximum Gasteiger partial charge on any atom is 0.162 e. The lowest BCUT2D eigenvalue weighted by atomic mass is 10.0. The first-order valence-electron chi connectivity index (χ1n) is 22.3. The van der Waals surface area contributed by atoms with Crippen molar-refractivity contribution in [1.82, 2.24) is 23.3 Å². The fraction of sp³-hybridized carbons (Fsp3) is 0. The van der Waals surface area contributed by atoms with Crippen LogP contribution in [0.25, 0.3) is 121 Å². The predicted octanol–water partition coefficient (Wildman–Crippen LogP) is 15.0. The van der Waals surface area contributed by atoms with Gasteiger partial charge in [0.2, 0.25) is 0 Å². The van der Waals surface area contributed by atoms with E-state index < -0.39 is 0 Å². The number of pyridine rings is 1. The van der Waals surface area contributed by atoms with Crippen LogP contribution in [0.1, 0.15) is 5.56 Å². The molecule has 66 heavy (non-hydrogen) atoms. The molecule has 0 saturated carbocycles. The van der Waals surface area contributed by atoms with Crippen molar-refractivity contribution < 1.29 is 0 Å². The summed E-state index contributed by atoms with van der Waals surface area (Å²) < 4.78 is 9.56. The first-order valence-corrected chi connectivity index (χ1v) is 22.3. The summed E-state index contributed by atoms with van der Waals surface area (Å²) in [4.78, 5) is 5.45. The van der Waals surface area contributed by atoms with Crippen LogP contribution in [-0.2, 0) is 0 Å². The van der Waals surface area contributed by atoms with E-state index in [1.54, 1.807) is 0 Å². The van der Waals surface area contributed by atoms with Crippen molar-refractivity contribution >= 4 is 87.2 Å². The van der Waals surface area contributed by atoms with E-state index in [0.29, 0.717) is 5.56 Å². The van der Waals surface area contributed by atoms with Crippen LogP contribution in [-0.4, -0.2) is 23.3 Å². The molecule has 6 nitrogen and oxygen atoms in total. The molecule has 0 spiro atoms. The Bertz CT molecular complexity index is 4350. The smallest absolute Gasteiger partial charge is 0.162 e. The molecule has 0 unspecified atom stereocenters. The van der Waals surface area contributed by atoms with Gasteiger partial charge in [-0.25, -0.2) is 4.98 Å². The highest BCUT2D eigenvalue weighted by Gasteiger charge is 2.26. The summed E-state index contributed by atoms with van der Waals surface area (Å²) in [6.45, 7) is 0. The molecular weight excluding hydrogens is 805 g/mol. The van der Waals surface area contributed by atoms with E-state index in [9.17, 15) is 5.26 Å². The fourth-order valence-corrected chi connectivity index (χ4v) is 10.9. The molecule has 0 aliphatic rings. The molecule has 6 heteroatoms. The first kappa shape index (κ1) is 36.3. The van der Waals surface area contributed by atoms with Crippen LogP contribution in [0.2, 0.25) is 0 Å². The summed E-state index contributed by atoms with van der Waals surface area (Å²) in [7, 11) is 0. The van der Waals surface area contributed by atoms with Gasteiger partial charge in [0.1, 0.15) is 0 Å². The Morgan fingerprint density at radius 3 is 1.26 bits per heavy atom. The van der Waals surface area contributed by atoms with E-state index in [2.05, 4.69) is 218 Å². The molecule has 306 valence electrons. The fourth-order valence-electron chi connectivity index (χ4n) is 10.9. The van der Waals surface area contributed by atoms with Crippen molar-refractivity contribution in [3.8, 4) is 40.1 Å². The van der Waals surface area contributed by atoms with Crippen molar-refractivity contribution in [3.05, 3.63) is 224 Å². The monoisotopic (exact) mass is 840 g/mol. The molecule has 0 fully saturated rings. The molecule has 5 aromatic heterocycles. The lowest BCUT2D eigenvalue weighted by molar-refractivity contribution is 1.03. The Morgan fingerprint density at radius 1 is 0.333 bits per heavy atom. The summed E-state index contributed by atoms with van der Waals surface area (Å²) in [5.41, 5.74) is 14.4. The van der Waals surface area contributed by atoms with Crippen molar-refractivity contribution in [2.75, 3.05) is 0 Å². The van der Waals surface area contributed by atoms with Gasteiger partial charge >= 0.3 is 0 Å².